The van der Waals surface area contributed by atoms with E-state index in [0.717, 1.165) is 12.1 Å². The van der Waals surface area contributed by atoms with Crippen LogP contribution in [-0.4, -0.2) is 41.3 Å². The van der Waals surface area contributed by atoms with Gasteiger partial charge < -0.3 is 18.9 Å². The maximum absolute atomic E-state index is 14.2. The molecular formula is C19H23FN2O7S. The number of carbonyl (C=O) groups is 1. The summed E-state index contributed by atoms with van der Waals surface area (Å²) in [5.41, 5.74) is 2.00. The molecule has 1 atom stereocenters. The van der Waals surface area contributed by atoms with Gasteiger partial charge in [-0.2, -0.15) is 0 Å². The predicted molar refractivity (Wildman–Crippen MR) is 106 cm³/mol. The molecule has 2 N–H and O–H groups in total. The van der Waals surface area contributed by atoms with Gasteiger partial charge >= 0.3 is 0 Å². The fraction of sp³-hybridized carbons (Fsp3) is 0.316. The van der Waals surface area contributed by atoms with E-state index in [1.165, 1.54) is 21.1 Å². The quantitative estimate of drug-likeness (QED) is 0.542. The molecule has 0 heterocycles. The number of nitrogens with one attached hydrogen (secondary N) is 2. The second kappa shape index (κ2) is 10.1. The molecule has 0 radical (unpaired) electrons. The topological polar surface area (TPSA) is 112 Å². The third kappa shape index (κ3) is 5.74. The largest absolute Gasteiger partial charge is 0.494 e. The molecule has 9 nitrogen and oxygen atoms in total. The molecule has 0 aliphatic rings. The summed E-state index contributed by atoms with van der Waals surface area (Å²) in [7, 11) is -1.86. The number of hydrazine groups is 1. The Hall–Kier alpha value is -3.05. The summed E-state index contributed by atoms with van der Waals surface area (Å²) in [6, 6.07) is 8.38. The number of methoxy groups -OCH3 is 2. The van der Waals surface area contributed by atoms with Crippen LogP contribution in [-0.2, 0) is 14.8 Å². The summed E-state index contributed by atoms with van der Waals surface area (Å²) in [4.78, 5) is 13.3. The van der Waals surface area contributed by atoms with Crippen molar-refractivity contribution in [1.82, 2.24) is 10.3 Å². The lowest BCUT2D eigenvalue weighted by atomic mass is 10.3. The number of hydrogen-bond acceptors (Lipinski definition) is 7. The summed E-state index contributed by atoms with van der Waals surface area (Å²) >= 11 is 0. The van der Waals surface area contributed by atoms with Crippen LogP contribution in [0.2, 0.25) is 0 Å². The molecule has 0 aliphatic carbocycles. The van der Waals surface area contributed by atoms with Crippen molar-refractivity contribution in [1.29, 1.82) is 0 Å². The number of hydrogen-bond donors (Lipinski definition) is 2. The molecule has 2 rings (SSSR count). The maximum atomic E-state index is 14.2. The molecule has 1 amide bonds. The van der Waals surface area contributed by atoms with E-state index in [4.69, 9.17) is 18.9 Å². The predicted octanol–water partition coefficient (Wildman–Crippen LogP) is 2.02. The van der Waals surface area contributed by atoms with Crippen LogP contribution in [0.15, 0.2) is 41.3 Å². The number of ether oxygens (including phenoxy) is 4. The van der Waals surface area contributed by atoms with Crippen LogP contribution in [0.4, 0.5) is 4.39 Å². The zero-order chi connectivity index (χ0) is 22.3. The highest BCUT2D eigenvalue weighted by atomic mass is 32.2. The highest BCUT2D eigenvalue weighted by Gasteiger charge is 2.24. The van der Waals surface area contributed by atoms with E-state index in [0.29, 0.717) is 18.1 Å². The Kier molecular flexibility index (Phi) is 7.84. The molecule has 0 aliphatic heterocycles. The molecule has 11 heteroatoms. The molecule has 30 heavy (non-hydrogen) atoms. The van der Waals surface area contributed by atoms with E-state index in [-0.39, 0.29) is 11.5 Å². The Morgan fingerprint density at radius 3 is 2.20 bits per heavy atom. The summed E-state index contributed by atoms with van der Waals surface area (Å²) < 4.78 is 59.7. The van der Waals surface area contributed by atoms with E-state index in [2.05, 4.69) is 0 Å². The SMILES string of the molecule is CCOc1ccc(OC(C)C(=O)NNS(=O)(=O)c2cc(OC)c(OC)cc2F)cc1. The Labute approximate surface area is 174 Å². The van der Waals surface area contributed by atoms with Crippen molar-refractivity contribution in [3.63, 3.8) is 0 Å². The zero-order valence-corrected chi connectivity index (χ0v) is 17.7. The van der Waals surface area contributed by atoms with Gasteiger partial charge in [0.2, 0.25) is 0 Å². The standard InChI is InChI=1S/C19H23FN2O7S/c1-5-28-13-6-8-14(9-7-13)29-12(2)19(23)21-22-30(24,25)18-11-17(27-4)16(26-3)10-15(18)20/h6-12,22H,5H2,1-4H3,(H,21,23). The molecule has 164 valence electrons. The Balaban J connectivity index is 2.03. The van der Waals surface area contributed by atoms with Crippen LogP contribution >= 0.6 is 0 Å². The van der Waals surface area contributed by atoms with E-state index >= 15 is 0 Å². The summed E-state index contributed by atoms with van der Waals surface area (Å²) in [5, 5.41) is 0. The number of carbonyl (C=O) groups excluding carboxylic acids is 1. The first-order valence-electron chi connectivity index (χ1n) is 8.84. The van der Waals surface area contributed by atoms with Crippen molar-refractivity contribution < 1.29 is 36.6 Å². The number of rotatable bonds is 10. The third-order valence-electron chi connectivity index (χ3n) is 3.85. The van der Waals surface area contributed by atoms with Gasteiger partial charge in [-0.15, -0.1) is 4.83 Å². The minimum absolute atomic E-state index is 0.0119. The van der Waals surface area contributed by atoms with Crippen molar-refractivity contribution in [3.05, 3.63) is 42.2 Å². The second-order valence-corrected chi connectivity index (χ2v) is 7.55. The first-order valence-corrected chi connectivity index (χ1v) is 10.3. The van der Waals surface area contributed by atoms with Crippen LogP contribution in [0.1, 0.15) is 13.8 Å². The lowest BCUT2D eigenvalue weighted by Crippen LogP contribution is -2.47. The first kappa shape index (κ1) is 23.2. The van der Waals surface area contributed by atoms with Crippen molar-refractivity contribution in [2.24, 2.45) is 0 Å². The van der Waals surface area contributed by atoms with E-state index in [9.17, 15) is 17.6 Å². The maximum Gasteiger partial charge on any atom is 0.275 e. The van der Waals surface area contributed by atoms with Crippen molar-refractivity contribution in [2.75, 3.05) is 20.8 Å². The monoisotopic (exact) mass is 442 g/mol. The number of amides is 1. The van der Waals surface area contributed by atoms with Crippen LogP contribution in [0.25, 0.3) is 0 Å². The van der Waals surface area contributed by atoms with Crippen molar-refractivity contribution in [2.45, 2.75) is 24.8 Å². The molecule has 1 unspecified atom stereocenters. The molecule has 0 bridgehead atoms. The molecule has 0 saturated carbocycles. The van der Waals surface area contributed by atoms with Crippen molar-refractivity contribution >= 4 is 15.9 Å². The van der Waals surface area contributed by atoms with Crippen molar-refractivity contribution in [3.8, 4) is 23.0 Å². The van der Waals surface area contributed by atoms with Gasteiger partial charge in [0.05, 0.1) is 20.8 Å². The van der Waals surface area contributed by atoms with Gasteiger partial charge in [0, 0.05) is 12.1 Å². The van der Waals surface area contributed by atoms with Gasteiger partial charge in [-0.3, -0.25) is 10.2 Å². The van der Waals surface area contributed by atoms with E-state index in [1.54, 1.807) is 24.3 Å². The molecule has 0 saturated heterocycles. The normalized spacial score (nSPS) is 12.0. The third-order valence-corrected chi connectivity index (χ3v) is 5.12. The van der Waals surface area contributed by atoms with Crippen LogP contribution in [0, 0.1) is 5.82 Å². The lowest BCUT2D eigenvalue weighted by molar-refractivity contribution is -0.127. The summed E-state index contributed by atoms with van der Waals surface area (Å²) in [6.45, 7) is 3.79. The zero-order valence-electron chi connectivity index (χ0n) is 16.9. The second-order valence-electron chi connectivity index (χ2n) is 5.90. The van der Waals surface area contributed by atoms with Crippen LogP contribution in [0.3, 0.4) is 0 Å². The highest BCUT2D eigenvalue weighted by Crippen LogP contribution is 2.31. The minimum Gasteiger partial charge on any atom is -0.494 e. The Bertz CT molecular complexity index is 981. The van der Waals surface area contributed by atoms with Crippen LogP contribution in [0.5, 0.6) is 23.0 Å². The number of sulfonamides is 1. The average molecular weight is 442 g/mol. The van der Waals surface area contributed by atoms with Gasteiger partial charge in [0.15, 0.2) is 17.6 Å². The molecule has 0 spiro atoms. The van der Waals surface area contributed by atoms with E-state index in [1.807, 2.05) is 17.2 Å². The molecule has 0 aromatic heterocycles. The van der Waals surface area contributed by atoms with Gasteiger partial charge in [-0.05, 0) is 38.1 Å². The fourth-order valence-corrected chi connectivity index (χ4v) is 3.28. The number of halogens is 1. The van der Waals surface area contributed by atoms with Gasteiger partial charge in [-0.1, -0.05) is 0 Å². The molecular weight excluding hydrogens is 419 g/mol. The lowest BCUT2D eigenvalue weighted by Gasteiger charge is -2.16. The van der Waals surface area contributed by atoms with Crippen LogP contribution < -0.4 is 29.2 Å². The average Bonchev–Trinajstić information content (AvgIpc) is 2.73. The number of benzene rings is 2. The summed E-state index contributed by atoms with van der Waals surface area (Å²) in [6.07, 6.45) is -1.04. The van der Waals surface area contributed by atoms with Gasteiger partial charge in [0.1, 0.15) is 22.2 Å². The van der Waals surface area contributed by atoms with Gasteiger partial charge in [-0.25, -0.2) is 12.8 Å². The highest BCUT2D eigenvalue weighted by molar-refractivity contribution is 7.89. The van der Waals surface area contributed by atoms with Gasteiger partial charge in [0.25, 0.3) is 15.9 Å². The Morgan fingerprint density at radius 2 is 1.63 bits per heavy atom. The summed E-state index contributed by atoms with van der Waals surface area (Å²) in [5.74, 6) is -0.795. The minimum atomic E-state index is -4.43. The first-order chi connectivity index (χ1) is 14.2. The molecule has 2 aromatic rings. The Morgan fingerprint density at radius 1 is 1.07 bits per heavy atom. The molecule has 0 fully saturated rings. The van der Waals surface area contributed by atoms with E-state index < -0.39 is 32.7 Å². The smallest absolute Gasteiger partial charge is 0.275 e. The fourth-order valence-electron chi connectivity index (χ4n) is 2.35. The molecule has 2 aromatic carbocycles.